The van der Waals surface area contributed by atoms with Crippen molar-refractivity contribution in [2.45, 2.75) is 38.7 Å². The Kier molecular flexibility index (Phi) is 9.81. The van der Waals surface area contributed by atoms with Crippen LogP contribution in [0.25, 0.3) is 0 Å². The van der Waals surface area contributed by atoms with E-state index < -0.39 is 12.1 Å². The van der Waals surface area contributed by atoms with Gasteiger partial charge in [-0.2, -0.15) is 0 Å². The summed E-state index contributed by atoms with van der Waals surface area (Å²) in [4.78, 5) is 11.5. The molecular weight excluding hydrogens is 504 g/mol. The van der Waals surface area contributed by atoms with Crippen molar-refractivity contribution >= 4 is 5.97 Å². The number of ether oxygens (including phenoxy) is 3. The molecule has 0 bridgehead atoms. The van der Waals surface area contributed by atoms with Gasteiger partial charge in [0.05, 0.1) is 20.3 Å². The first-order chi connectivity index (χ1) is 19.4. The molecule has 208 valence electrons. The minimum atomic E-state index is -1.04. The summed E-state index contributed by atoms with van der Waals surface area (Å²) in [5, 5.41) is 21.0. The fourth-order valence-corrected chi connectivity index (χ4v) is 4.99. The largest absolute Gasteiger partial charge is 0.496 e. The Bertz CT molecular complexity index is 1370. The predicted molar refractivity (Wildman–Crippen MR) is 156 cm³/mol. The molecule has 2 atom stereocenters. The summed E-state index contributed by atoms with van der Waals surface area (Å²) in [6.45, 7) is 1.93. The minimum absolute atomic E-state index is 0.0552. The Labute approximate surface area is 235 Å². The molecule has 1 unspecified atom stereocenters. The first-order valence-electron chi connectivity index (χ1n) is 13.4. The molecule has 0 saturated heterocycles. The number of carboxylic acid groups (broad SMARTS) is 1. The summed E-state index contributed by atoms with van der Waals surface area (Å²) < 4.78 is 17.0. The lowest BCUT2D eigenvalue weighted by Gasteiger charge is -2.25. The van der Waals surface area contributed by atoms with Gasteiger partial charge in [-0.05, 0) is 91.6 Å². The van der Waals surface area contributed by atoms with E-state index in [1.165, 1.54) is 11.6 Å². The number of aromatic carboxylic acids is 1. The first kappa shape index (κ1) is 28.7. The highest BCUT2D eigenvalue weighted by atomic mass is 16.5. The molecule has 0 aliphatic heterocycles. The number of carboxylic acids is 1. The molecule has 0 heterocycles. The van der Waals surface area contributed by atoms with Gasteiger partial charge in [-0.3, -0.25) is 0 Å². The second kappa shape index (κ2) is 13.7. The van der Waals surface area contributed by atoms with Crippen molar-refractivity contribution in [2.24, 2.45) is 5.92 Å². The molecule has 0 amide bonds. The lowest BCUT2D eigenvalue weighted by atomic mass is 9.85. The van der Waals surface area contributed by atoms with E-state index in [1.807, 2.05) is 61.5 Å². The Hall–Kier alpha value is -4.29. The second-order valence-corrected chi connectivity index (χ2v) is 9.88. The maximum absolute atomic E-state index is 11.6. The van der Waals surface area contributed by atoms with E-state index >= 15 is 0 Å². The maximum atomic E-state index is 11.6. The molecule has 40 heavy (non-hydrogen) atoms. The number of hydrogen-bond donors (Lipinski definition) is 2. The Balaban J connectivity index is 1.54. The zero-order valence-electron chi connectivity index (χ0n) is 23.2. The number of hydrogen-bond acceptors (Lipinski definition) is 5. The lowest BCUT2D eigenvalue weighted by molar-refractivity contribution is 0.0694. The molecule has 2 N–H and O–H groups in total. The number of para-hydroxylation sites is 1. The summed E-state index contributed by atoms with van der Waals surface area (Å²) in [7, 11) is 3.24. The number of carbonyl (C=O) groups is 1. The van der Waals surface area contributed by atoms with Crippen LogP contribution in [-0.2, 0) is 12.8 Å². The van der Waals surface area contributed by atoms with E-state index in [9.17, 15) is 15.0 Å². The van der Waals surface area contributed by atoms with Crippen molar-refractivity contribution in [1.29, 1.82) is 0 Å². The highest BCUT2D eigenvalue weighted by molar-refractivity contribution is 5.90. The predicted octanol–water partition coefficient (Wildman–Crippen LogP) is 7.42. The van der Waals surface area contributed by atoms with Crippen molar-refractivity contribution < 1.29 is 29.2 Å². The zero-order chi connectivity index (χ0) is 28.5. The summed E-state index contributed by atoms with van der Waals surface area (Å²) in [6, 6.07) is 28.3. The van der Waals surface area contributed by atoms with Crippen LogP contribution in [0.4, 0.5) is 0 Å². The summed E-state index contributed by atoms with van der Waals surface area (Å²) in [6.07, 6.45) is 2.61. The van der Waals surface area contributed by atoms with Crippen LogP contribution in [0.3, 0.4) is 0 Å². The molecule has 0 radical (unpaired) electrons. The SMILES string of the molecule is COc1cc(C(O)[C@H](CCCc2ccccc2)Cc2ccc(Oc3ccccc3C(=O)O)cc2)cc(OC)c1C. The summed E-state index contributed by atoms with van der Waals surface area (Å²) in [5.74, 6) is 1.11. The fourth-order valence-electron chi connectivity index (χ4n) is 4.99. The third-order valence-corrected chi connectivity index (χ3v) is 7.21. The topological polar surface area (TPSA) is 85.2 Å². The average Bonchev–Trinajstić information content (AvgIpc) is 2.98. The number of methoxy groups -OCH3 is 2. The normalized spacial score (nSPS) is 12.4. The number of rotatable bonds is 13. The van der Waals surface area contributed by atoms with Gasteiger partial charge < -0.3 is 24.4 Å². The van der Waals surface area contributed by atoms with Crippen molar-refractivity contribution in [3.05, 3.63) is 119 Å². The van der Waals surface area contributed by atoms with Crippen LogP contribution >= 0.6 is 0 Å². The quantitative estimate of drug-likeness (QED) is 0.184. The van der Waals surface area contributed by atoms with Crippen LogP contribution in [-0.4, -0.2) is 30.4 Å². The van der Waals surface area contributed by atoms with Gasteiger partial charge in [-0.1, -0.05) is 54.6 Å². The molecule has 6 heteroatoms. The van der Waals surface area contributed by atoms with Crippen LogP contribution in [0, 0.1) is 12.8 Å². The average molecular weight is 541 g/mol. The van der Waals surface area contributed by atoms with E-state index in [0.717, 1.165) is 36.0 Å². The molecule has 0 saturated carbocycles. The third kappa shape index (κ3) is 7.21. The first-order valence-corrected chi connectivity index (χ1v) is 13.4. The van der Waals surface area contributed by atoms with Crippen LogP contribution in [0.15, 0.2) is 91.0 Å². The van der Waals surface area contributed by atoms with Gasteiger partial charge >= 0.3 is 5.97 Å². The van der Waals surface area contributed by atoms with Gasteiger partial charge in [-0.25, -0.2) is 4.79 Å². The smallest absolute Gasteiger partial charge is 0.339 e. The number of aryl methyl sites for hydroxylation is 1. The van der Waals surface area contributed by atoms with Crippen molar-refractivity contribution in [1.82, 2.24) is 0 Å². The van der Waals surface area contributed by atoms with E-state index in [0.29, 0.717) is 29.4 Å². The molecule has 0 aromatic heterocycles. The van der Waals surface area contributed by atoms with Gasteiger partial charge in [0.2, 0.25) is 0 Å². The molecule has 6 nitrogen and oxygen atoms in total. The molecule has 0 fully saturated rings. The highest BCUT2D eigenvalue weighted by Crippen LogP contribution is 2.37. The van der Waals surface area contributed by atoms with E-state index in [4.69, 9.17) is 14.2 Å². The van der Waals surface area contributed by atoms with Gasteiger partial charge in [-0.15, -0.1) is 0 Å². The summed E-state index contributed by atoms with van der Waals surface area (Å²) in [5.41, 5.74) is 4.08. The Morgan fingerprint density at radius 3 is 2.05 bits per heavy atom. The van der Waals surface area contributed by atoms with Crippen LogP contribution < -0.4 is 14.2 Å². The van der Waals surface area contributed by atoms with Crippen LogP contribution in [0.1, 0.15) is 51.6 Å². The van der Waals surface area contributed by atoms with Gasteiger partial charge in [0, 0.05) is 5.56 Å². The number of aliphatic hydroxyl groups excluding tert-OH is 1. The molecule has 4 rings (SSSR count). The monoisotopic (exact) mass is 540 g/mol. The van der Waals surface area contributed by atoms with Crippen molar-refractivity contribution in [3.8, 4) is 23.0 Å². The van der Waals surface area contributed by atoms with Crippen molar-refractivity contribution in [2.75, 3.05) is 14.2 Å². The molecule has 4 aromatic rings. The van der Waals surface area contributed by atoms with E-state index in [-0.39, 0.29) is 11.5 Å². The Morgan fingerprint density at radius 2 is 1.43 bits per heavy atom. The van der Waals surface area contributed by atoms with Crippen LogP contribution in [0.5, 0.6) is 23.0 Å². The van der Waals surface area contributed by atoms with Gasteiger partial charge in [0.25, 0.3) is 0 Å². The lowest BCUT2D eigenvalue weighted by Crippen LogP contribution is -2.16. The summed E-state index contributed by atoms with van der Waals surface area (Å²) >= 11 is 0. The minimum Gasteiger partial charge on any atom is -0.496 e. The van der Waals surface area contributed by atoms with Crippen molar-refractivity contribution in [3.63, 3.8) is 0 Å². The Morgan fingerprint density at radius 1 is 0.800 bits per heavy atom. The molecule has 0 spiro atoms. The van der Waals surface area contributed by atoms with E-state index in [2.05, 4.69) is 12.1 Å². The van der Waals surface area contributed by atoms with Gasteiger partial charge in [0.15, 0.2) is 0 Å². The fraction of sp³-hybridized carbons (Fsp3) is 0.265. The van der Waals surface area contributed by atoms with E-state index in [1.54, 1.807) is 32.4 Å². The maximum Gasteiger partial charge on any atom is 0.339 e. The standard InChI is InChI=1S/C34H36O6/c1-23-31(38-2)21-27(22-32(23)39-3)33(35)26(13-9-12-24-10-5-4-6-11-24)20-25-16-18-28(19-17-25)40-30-15-8-7-14-29(30)34(36)37/h4-8,10-11,14-19,21-22,26,33,35H,9,12-13,20H2,1-3H3,(H,36,37)/t26-,33?/m1/s1. The second-order valence-electron chi connectivity index (χ2n) is 9.88. The zero-order valence-corrected chi connectivity index (χ0v) is 23.2. The molecule has 4 aromatic carbocycles. The molecule has 0 aliphatic carbocycles. The number of aliphatic hydroxyl groups is 1. The molecular formula is C34H36O6. The van der Waals surface area contributed by atoms with Crippen LogP contribution in [0.2, 0.25) is 0 Å². The number of benzene rings is 4. The third-order valence-electron chi connectivity index (χ3n) is 7.21. The van der Waals surface area contributed by atoms with Gasteiger partial charge in [0.1, 0.15) is 28.6 Å². The molecule has 0 aliphatic rings. The highest BCUT2D eigenvalue weighted by Gasteiger charge is 2.24.